The fourth-order valence-electron chi connectivity index (χ4n) is 1.45. The molecule has 0 saturated heterocycles. The van der Waals surface area contributed by atoms with E-state index in [0.29, 0.717) is 11.1 Å². The van der Waals surface area contributed by atoms with Gasteiger partial charge in [0.15, 0.2) is 0 Å². The number of halogens is 3. The second-order valence-electron chi connectivity index (χ2n) is 3.51. The summed E-state index contributed by atoms with van der Waals surface area (Å²) in [6, 6.07) is 5.31. The third-order valence-corrected chi connectivity index (χ3v) is 2.91. The number of nitrogens with zero attached hydrogens (tertiary/aromatic N) is 1. The number of aliphatic hydroxyl groups is 1. The molecule has 88 valence electrons. The normalized spacial score (nSPS) is 12.5. The van der Waals surface area contributed by atoms with Crippen LogP contribution in [0.3, 0.4) is 0 Å². The van der Waals surface area contributed by atoms with Crippen molar-refractivity contribution in [1.29, 1.82) is 0 Å². The van der Waals surface area contributed by atoms with Gasteiger partial charge in [-0.2, -0.15) is 0 Å². The largest absolute Gasteiger partial charge is 0.384 e. The topological polar surface area (TPSA) is 33.1 Å². The molecule has 2 nitrogen and oxygen atoms in total. The molecule has 0 saturated carbocycles. The molecule has 1 aromatic carbocycles. The lowest BCUT2D eigenvalue weighted by atomic mass is 10.0. The molecule has 2 aromatic rings. The summed E-state index contributed by atoms with van der Waals surface area (Å²) in [6.07, 6.45) is 1.39. The number of benzene rings is 1. The molecule has 17 heavy (non-hydrogen) atoms. The van der Waals surface area contributed by atoms with Gasteiger partial charge >= 0.3 is 0 Å². The van der Waals surface area contributed by atoms with Crippen LogP contribution < -0.4 is 0 Å². The molecule has 1 unspecified atom stereocenters. The zero-order valence-electron chi connectivity index (χ0n) is 8.57. The average Bonchev–Trinajstić information content (AvgIpc) is 2.32. The molecule has 5 heteroatoms. The van der Waals surface area contributed by atoms with Crippen molar-refractivity contribution in [3.63, 3.8) is 0 Å². The standard InChI is InChI=1S/C12H8BrF2NO/c13-10-4-7(1-2-11(10)15)12(17)8-3-9(14)6-16-5-8/h1-6,12,17H. The number of rotatable bonds is 2. The average molecular weight is 300 g/mol. The smallest absolute Gasteiger partial charge is 0.141 e. The van der Waals surface area contributed by atoms with E-state index < -0.39 is 17.7 Å². The van der Waals surface area contributed by atoms with Crippen LogP contribution in [0.2, 0.25) is 0 Å². The number of hydrogen-bond donors (Lipinski definition) is 1. The molecule has 0 aliphatic heterocycles. The summed E-state index contributed by atoms with van der Waals surface area (Å²) >= 11 is 3.03. The predicted octanol–water partition coefficient (Wildman–Crippen LogP) is 3.20. The Morgan fingerprint density at radius 2 is 1.88 bits per heavy atom. The van der Waals surface area contributed by atoms with E-state index in [4.69, 9.17) is 0 Å². The van der Waals surface area contributed by atoms with Crippen molar-refractivity contribution in [1.82, 2.24) is 4.98 Å². The lowest BCUT2D eigenvalue weighted by Crippen LogP contribution is -2.01. The van der Waals surface area contributed by atoms with Gasteiger partial charge in [-0.25, -0.2) is 8.78 Å². The van der Waals surface area contributed by atoms with Crippen molar-refractivity contribution in [2.45, 2.75) is 6.10 Å². The molecule has 1 N–H and O–H groups in total. The van der Waals surface area contributed by atoms with Crippen LogP contribution in [0.1, 0.15) is 17.2 Å². The summed E-state index contributed by atoms with van der Waals surface area (Å²) < 4.78 is 26.2. The van der Waals surface area contributed by atoms with Crippen molar-refractivity contribution < 1.29 is 13.9 Å². The van der Waals surface area contributed by atoms with E-state index >= 15 is 0 Å². The van der Waals surface area contributed by atoms with Crippen molar-refractivity contribution >= 4 is 15.9 Å². The first-order chi connectivity index (χ1) is 8.08. The maximum Gasteiger partial charge on any atom is 0.141 e. The number of aromatic nitrogens is 1. The fourth-order valence-corrected chi connectivity index (χ4v) is 1.85. The second kappa shape index (κ2) is 4.89. The number of hydrogen-bond acceptors (Lipinski definition) is 2. The molecule has 0 amide bonds. The molecule has 0 bridgehead atoms. The van der Waals surface area contributed by atoms with Crippen LogP contribution in [0.15, 0.2) is 41.1 Å². The van der Waals surface area contributed by atoms with E-state index in [1.54, 1.807) is 0 Å². The summed E-state index contributed by atoms with van der Waals surface area (Å²) in [5, 5.41) is 9.98. The van der Waals surface area contributed by atoms with Gasteiger partial charge in [0.1, 0.15) is 17.7 Å². The number of pyridine rings is 1. The van der Waals surface area contributed by atoms with E-state index in [9.17, 15) is 13.9 Å². The van der Waals surface area contributed by atoms with Gasteiger partial charge in [-0.1, -0.05) is 6.07 Å². The van der Waals surface area contributed by atoms with Crippen molar-refractivity contribution in [3.05, 3.63) is 63.9 Å². The van der Waals surface area contributed by atoms with Gasteiger partial charge in [0, 0.05) is 11.8 Å². The first-order valence-electron chi connectivity index (χ1n) is 4.81. The van der Waals surface area contributed by atoms with Crippen LogP contribution in [0, 0.1) is 11.6 Å². The molecular formula is C12H8BrF2NO. The molecule has 0 fully saturated rings. The summed E-state index contributed by atoms with van der Waals surface area (Å²) in [5.41, 5.74) is 0.786. The molecule has 0 spiro atoms. The van der Waals surface area contributed by atoms with E-state index in [0.717, 1.165) is 6.20 Å². The predicted molar refractivity (Wildman–Crippen MR) is 62.4 cm³/mol. The molecule has 2 rings (SSSR count). The van der Waals surface area contributed by atoms with Gasteiger partial charge in [-0.15, -0.1) is 0 Å². The lowest BCUT2D eigenvalue weighted by molar-refractivity contribution is 0.219. The fraction of sp³-hybridized carbons (Fsp3) is 0.0833. The van der Waals surface area contributed by atoms with Gasteiger partial charge in [-0.05, 0) is 39.7 Å². The molecule has 0 radical (unpaired) electrons. The molecular weight excluding hydrogens is 292 g/mol. The minimum Gasteiger partial charge on any atom is -0.384 e. The molecule has 1 heterocycles. The summed E-state index contributed by atoms with van der Waals surface area (Å²) in [6.45, 7) is 0. The second-order valence-corrected chi connectivity index (χ2v) is 4.37. The zero-order valence-corrected chi connectivity index (χ0v) is 10.2. The lowest BCUT2D eigenvalue weighted by Gasteiger charge is -2.11. The van der Waals surface area contributed by atoms with Crippen LogP contribution in [0.25, 0.3) is 0 Å². The van der Waals surface area contributed by atoms with Crippen molar-refractivity contribution in [2.75, 3.05) is 0 Å². The van der Waals surface area contributed by atoms with Crippen LogP contribution in [-0.2, 0) is 0 Å². The minimum atomic E-state index is -1.03. The molecule has 1 atom stereocenters. The monoisotopic (exact) mass is 299 g/mol. The summed E-state index contributed by atoms with van der Waals surface area (Å²) in [5.74, 6) is -0.943. The highest BCUT2D eigenvalue weighted by Gasteiger charge is 2.13. The highest BCUT2D eigenvalue weighted by atomic mass is 79.9. The maximum absolute atomic E-state index is 13.0. The third-order valence-electron chi connectivity index (χ3n) is 2.30. The van der Waals surface area contributed by atoms with Crippen molar-refractivity contribution in [2.24, 2.45) is 0 Å². The SMILES string of the molecule is OC(c1cncc(F)c1)c1ccc(F)c(Br)c1. The van der Waals surface area contributed by atoms with Gasteiger partial charge in [-0.3, -0.25) is 4.98 Å². The number of aliphatic hydroxyl groups excluding tert-OH is 1. The summed E-state index contributed by atoms with van der Waals surface area (Å²) in [7, 11) is 0. The third kappa shape index (κ3) is 2.68. The van der Waals surface area contributed by atoms with E-state index in [2.05, 4.69) is 20.9 Å². The first-order valence-corrected chi connectivity index (χ1v) is 5.60. The molecule has 0 aliphatic carbocycles. The van der Waals surface area contributed by atoms with Crippen LogP contribution in [0.5, 0.6) is 0 Å². The van der Waals surface area contributed by atoms with Gasteiger partial charge < -0.3 is 5.11 Å². The Balaban J connectivity index is 2.36. The Kier molecular flexibility index (Phi) is 3.49. The maximum atomic E-state index is 13.0. The first kappa shape index (κ1) is 12.1. The van der Waals surface area contributed by atoms with Crippen LogP contribution >= 0.6 is 15.9 Å². The zero-order chi connectivity index (χ0) is 12.4. The van der Waals surface area contributed by atoms with E-state index in [1.807, 2.05) is 0 Å². The van der Waals surface area contributed by atoms with E-state index in [1.165, 1.54) is 30.5 Å². The Hall–Kier alpha value is -1.33. The van der Waals surface area contributed by atoms with Gasteiger partial charge in [0.25, 0.3) is 0 Å². The van der Waals surface area contributed by atoms with Crippen molar-refractivity contribution in [3.8, 4) is 0 Å². The minimum absolute atomic E-state index is 0.249. The Morgan fingerprint density at radius 3 is 2.53 bits per heavy atom. The van der Waals surface area contributed by atoms with Crippen LogP contribution in [0.4, 0.5) is 8.78 Å². The van der Waals surface area contributed by atoms with Gasteiger partial charge in [0.05, 0.1) is 10.7 Å². The van der Waals surface area contributed by atoms with E-state index in [-0.39, 0.29) is 4.47 Å². The highest BCUT2D eigenvalue weighted by Crippen LogP contribution is 2.25. The summed E-state index contributed by atoms with van der Waals surface area (Å²) in [4.78, 5) is 3.65. The Bertz CT molecular complexity index is 548. The van der Waals surface area contributed by atoms with Gasteiger partial charge in [0.2, 0.25) is 0 Å². The molecule has 1 aromatic heterocycles. The Labute approximate surface area is 105 Å². The Morgan fingerprint density at radius 1 is 1.12 bits per heavy atom. The molecule has 0 aliphatic rings. The quantitative estimate of drug-likeness (QED) is 0.924. The highest BCUT2D eigenvalue weighted by molar-refractivity contribution is 9.10. The van der Waals surface area contributed by atoms with Crippen LogP contribution in [-0.4, -0.2) is 10.1 Å².